The third-order valence-electron chi connectivity index (χ3n) is 8.07. The molecule has 0 unspecified atom stereocenters. The number of nitrogens with zero attached hydrogens (tertiary/aromatic N) is 1. The summed E-state index contributed by atoms with van der Waals surface area (Å²) in [4.78, 5) is 39.1. The highest BCUT2D eigenvalue weighted by molar-refractivity contribution is 5.88. The van der Waals surface area contributed by atoms with Gasteiger partial charge in [0.05, 0.1) is 25.4 Å². The zero-order valence-corrected chi connectivity index (χ0v) is 25.2. The number of carbonyl (C=O) groups excluding carboxylic acids is 2. The molecule has 0 aromatic heterocycles. The van der Waals surface area contributed by atoms with Gasteiger partial charge in [0, 0.05) is 12.6 Å². The molecule has 9 atom stereocenters. The van der Waals surface area contributed by atoms with E-state index in [2.05, 4.69) is 10.6 Å². The normalized spacial score (nSPS) is 23.6. The summed E-state index contributed by atoms with van der Waals surface area (Å²) in [5.74, 6) is -1.31. The summed E-state index contributed by atoms with van der Waals surface area (Å²) < 4.78 is 5.21. The molecule has 0 spiro atoms. The molecule has 13 heteroatoms. The van der Waals surface area contributed by atoms with Crippen LogP contribution in [0.4, 0.5) is 0 Å². The standard InChI is InChI=1S/C23H32N2O5.C7H17NO5/c1-3-30-23(29)18(13-12-16-8-5-4-6-9-16)24-15(2)21(26)25-19-11-7-10-17(19)14-20(25)22(27)28;1-8-2-4(10)6(12)7(13)5(11)3-9/h4-6,8-9,15,17-20,24H,3,7,10-14H2,1-2H3,(H,27,28);4-13H,2-3H2,1H3/t15-,17-,18-,19-,20-;4-,5+,6+,7+/m00/s1. The van der Waals surface area contributed by atoms with Crippen LogP contribution in [0, 0.1) is 5.92 Å². The van der Waals surface area contributed by atoms with E-state index in [4.69, 9.17) is 25.2 Å². The van der Waals surface area contributed by atoms with Crippen molar-refractivity contribution < 1.29 is 49.8 Å². The molecule has 1 heterocycles. The van der Waals surface area contributed by atoms with Crippen molar-refractivity contribution >= 4 is 17.8 Å². The molecule has 244 valence electrons. The summed E-state index contributed by atoms with van der Waals surface area (Å²) in [7, 11) is 1.57. The fourth-order valence-electron chi connectivity index (χ4n) is 5.78. The van der Waals surface area contributed by atoms with Gasteiger partial charge in [-0.3, -0.25) is 14.9 Å². The quantitative estimate of drug-likeness (QED) is 0.113. The van der Waals surface area contributed by atoms with Gasteiger partial charge in [-0.1, -0.05) is 36.8 Å². The van der Waals surface area contributed by atoms with Gasteiger partial charge in [-0.2, -0.15) is 0 Å². The number of benzene rings is 1. The predicted octanol–water partition coefficient (Wildman–Crippen LogP) is -0.975. The zero-order valence-electron chi connectivity index (χ0n) is 25.2. The summed E-state index contributed by atoms with van der Waals surface area (Å²) in [5, 5.41) is 60.2. The Morgan fingerprint density at radius 2 is 1.70 bits per heavy atom. The molecule has 0 bridgehead atoms. The molecule has 1 saturated heterocycles. The Labute approximate surface area is 252 Å². The highest BCUT2D eigenvalue weighted by Crippen LogP contribution is 2.41. The average molecular weight is 612 g/mol. The van der Waals surface area contributed by atoms with Crippen LogP contribution in [0.2, 0.25) is 0 Å². The van der Waals surface area contributed by atoms with Gasteiger partial charge >= 0.3 is 11.9 Å². The first-order chi connectivity index (χ1) is 20.5. The number of aliphatic carboxylic acids is 1. The number of ether oxygens (including phenoxy) is 1. The van der Waals surface area contributed by atoms with Crippen molar-refractivity contribution in [2.24, 2.45) is 5.92 Å². The van der Waals surface area contributed by atoms with Crippen LogP contribution in [0.25, 0.3) is 0 Å². The van der Waals surface area contributed by atoms with E-state index < -0.39 is 55.1 Å². The number of amides is 1. The van der Waals surface area contributed by atoms with Crippen molar-refractivity contribution in [2.45, 2.75) is 101 Å². The molecule has 1 aromatic carbocycles. The molecule has 0 radical (unpaired) electrons. The zero-order chi connectivity index (χ0) is 32.1. The number of rotatable bonds is 15. The lowest BCUT2D eigenvalue weighted by Crippen LogP contribution is -2.55. The average Bonchev–Trinajstić information content (AvgIpc) is 3.60. The number of likely N-dealkylation sites (N-methyl/N-ethyl adjacent to an activating group) is 1. The summed E-state index contributed by atoms with van der Waals surface area (Å²) in [6.07, 6.45) is -1.11. The Bertz CT molecular complexity index is 1000. The smallest absolute Gasteiger partial charge is 0.326 e. The second kappa shape index (κ2) is 18.2. The Hall–Kier alpha value is -2.65. The second-order valence-electron chi connectivity index (χ2n) is 11.2. The van der Waals surface area contributed by atoms with Gasteiger partial charge in [-0.15, -0.1) is 0 Å². The molecule has 1 aliphatic heterocycles. The van der Waals surface area contributed by atoms with Gasteiger partial charge in [-0.05, 0) is 64.5 Å². The maximum absolute atomic E-state index is 13.2. The minimum Gasteiger partial charge on any atom is -0.480 e. The van der Waals surface area contributed by atoms with Gasteiger partial charge in [0.15, 0.2) is 0 Å². The third kappa shape index (κ3) is 10.5. The first-order valence-corrected chi connectivity index (χ1v) is 15.0. The van der Waals surface area contributed by atoms with Gasteiger partial charge in [0.25, 0.3) is 0 Å². The lowest BCUT2D eigenvalue weighted by Gasteiger charge is -2.31. The van der Waals surface area contributed by atoms with E-state index >= 15 is 0 Å². The van der Waals surface area contributed by atoms with Crippen LogP contribution in [-0.4, -0.2) is 129 Å². The maximum atomic E-state index is 13.2. The largest absolute Gasteiger partial charge is 0.480 e. The number of carboxylic acid groups (broad SMARTS) is 1. The molecule has 1 aliphatic carbocycles. The summed E-state index contributed by atoms with van der Waals surface area (Å²) >= 11 is 0. The lowest BCUT2D eigenvalue weighted by atomic mass is 10.0. The van der Waals surface area contributed by atoms with Crippen LogP contribution < -0.4 is 10.6 Å². The van der Waals surface area contributed by atoms with Gasteiger partial charge in [0.2, 0.25) is 5.91 Å². The monoisotopic (exact) mass is 611 g/mol. The van der Waals surface area contributed by atoms with Crippen molar-refractivity contribution in [1.29, 1.82) is 0 Å². The number of carbonyl (C=O) groups is 3. The minimum atomic E-state index is -1.55. The maximum Gasteiger partial charge on any atom is 0.326 e. The molecule has 3 rings (SSSR count). The molecular weight excluding hydrogens is 562 g/mol. The molecule has 1 saturated carbocycles. The first kappa shape index (κ1) is 36.5. The molecular formula is C30H49N3O10. The number of hydrogen-bond acceptors (Lipinski definition) is 11. The highest BCUT2D eigenvalue weighted by Gasteiger charge is 2.49. The summed E-state index contributed by atoms with van der Waals surface area (Å²) in [5.41, 5.74) is 1.10. The van der Waals surface area contributed by atoms with E-state index in [0.717, 1.165) is 24.8 Å². The van der Waals surface area contributed by atoms with E-state index in [1.165, 1.54) is 0 Å². The number of hydrogen-bond donors (Lipinski definition) is 8. The Balaban J connectivity index is 0.000000420. The van der Waals surface area contributed by atoms with Crippen molar-refractivity contribution in [3.63, 3.8) is 0 Å². The fourth-order valence-corrected chi connectivity index (χ4v) is 5.78. The van der Waals surface area contributed by atoms with Crippen molar-refractivity contribution in [3.8, 4) is 0 Å². The van der Waals surface area contributed by atoms with Crippen LogP contribution in [0.1, 0.15) is 51.5 Å². The van der Waals surface area contributed by atoms with E-state index in [1.807, 2.05) is 30.3 Å². The van der Waals surface area contributed by atoms with Crippen molar-refractivity contribution in [1.82, 2.24) is 15.5 Å². The van der Waals surface area contributed by atoms with Crippen LogP contribution >= 0.6 is 0 Å². The number of aliphatic hydroxyl groups excluding tert-OH is 5. The summed E-state index contributed by atoms with van der Waals surface area (Å²) in [6, 6.07) is 7.76. The Kier molecular flexibility index (Phi) is 15.5. The minimum absolute atomic E-state index is 0.00629. The number of aryl methyl sites for hydroxylation is 1. The second-order valence-corrected chi connectivity index (χ2v) is 11.2. The molecule has 2 aliphatic rings. The van der Waals surface area contributed by atoms with E-state index in [9.17, 15) is 24.6 Å². The molecule has 8 N–H and O–H groups in total. The SMILES string of the molecule is CCOC(=O)[C@H](CCc1ccccc1)N[C@@H](C)C(=O)N1[C@H](C(=O)O)C[C@@H]2CCC[C@@H]21.CNC[C@H](O)[C@@H](O)[C@H](O)[C@H](O)CO. The predicted molar refractivity (Wildman–Crippen MR) is 157 cm³/mol. The topological polar surface area (TPSA) is 209 Å². The van der Waals surface area contributed by atoms with Gasteiger partial charge in [-0.25, -0.2) is 4.79 Å². The highest BCUT2D eigenvalue weighted by atomic mass is 16.5. The molecule has 1 aromatic rings. The third-order valence-corrected chi connectivity index (χ3v) is 8.07. The fraction of sp³-hybridized carbons (Fsp3) is 0.700. The van der Waals surface area contributed by atoms with Crippen LogP contribution in [0.3, 0.4) is 0 Å². The molecule has 13 nitrogen and oxygen atoms in total. The Morgan fingerprint density at radius 1 is 1.05 bits per heavy atom. The summed E-state index contributed by atoms with van der Waals surface area (Å²) in [6.45, 7) is 3.16. The Morgan fingerprint density at radius 3 is 2.28 bits per heavy atom. The number of fused-ring (bicyclic) bond motifs is 1. The lowest BCUT2D eigenvalue weighted by molar-refractivity contribution is -0.151. The van der Waals surface area contributed by atoms with Crippen molar-refractivity contribution in [3.05, 3.63) is 35.9 Å². The molecule has 1 amide bonds. The molecule has 2 fully saturated rings. The first-order valence-electron chi connectivity index (χ1n) is 15.0. The number of esters is 1. The van der Waals surface area contributed by atoms with Crippen LogP contribution in [0.15, 0.2) is 30.3 Å². The van der Waals surface area contributed by atoms with E-state index in [-0.39, 0.29) is 37.0 Å². The van der Waals surface area contributed by atoms with Crippen LogP contribution in [0.5, 0.6) is 0 Å². The van der Waals surface area contributed by atoms with Crippen molar-refractivity contribution in [2.75, 3.05) is 26.8 Å². The van der Waals surface area contributed by atoms with E-state index in [0.29, 0.717) is 19.3 Å². The van der Waals surface area contributed by atoms with E-state index in [1.54, 1.807) is 25.8 Å². The van der Waals surface area contributed by atoms with Gasteiger partial charge in [0.1, 0.15) is 30.4 Å². The number of aliphatic hydroxyl groups is 5. The number of nitrogens with one attached hydrogen (secondary N) is 2. The van der Waals surface area contributed by atoms with Gasteiger partial charge < -0.3 is 45.6 Å². The van der Waals surface area contributed by atoms with Crippen LogP contribution in [-0.2, 0) is 25.5 Å². The molecule has 43 heavy (non-hydrogen) atoms. The number of carboxylic acids is 1. The number of likely N-dealkylation sites (tertiary alicyclic amines) is 1.